The van der Waals surface area contributed by atoms with E-state index in [-0.39, 0.29) is 18.1 Å². The lowest BCUT2D eigenvalue weighted by Crippen LogP contribution is -2.42. The Morgan fingerprint density at radius 2 is 1.96 bits per heavy atom. The van der Waals surface area contributed by atoms with E-state index in [4.69, 9.17) is 0 Å². The summed E-state index contributed by atoms with van der Waals surface area (Å²) in [6, 6.07) is 7.95. The summed E-state index contributed by atoms with van der Waals surface area (Å²) < 4.78 is 37.8. The first-order chi connectivity index (χ1) is 11.4. The van der Waals surface area contributed by atoms with Gasteiger partial charge in [0, 0.05) is 30.6 Å². The number of hydrogen-bond donors (Lipinski definition) is 2. The number of halogens is 3. The second-order valence-electron chi connectivity index (χ2n) is 6.09. The first kappa shape index (κ1) is 16.7. The maximum Gasteiger partial charge on any atom is 0.417 e. The first-order valence-electron chi connectivity index (χ1n) is 7.79. The van der Waals surface area contributed by atoms with Gasteiger partial charge in [-0.25, -0.2) is 4.98 Å². The second kappa shape index (κ2) is 6.76. The molecule has 0 amide bonds. The number of nitrogens with zero attached hydrogens (tertiary/aromatic N) is 2. The molecule has 3 rings (SSSR count). The van der Waals surface area contributed by atoms with Crippen molar-refractivity contribution in [1.82, 2.24) is 9.97 Å². The number of alkyl halides is 3. The van der Waals surface area contributed by atoms with Crippen molar-refractivity contribution in [2.24, 2.45) is 5.92 Å². The topological polar surface area (TPSA) is 58.0 Å². The van der Waals surface area contributed by atoms with Gasteiger partial charge < -0.3 is 10.4 Å². The fourth-order valence-corrected chi connectivity index (χ4v) is 2.88. The smallest absolute Gasteiger partial charge is 0.393 e. The minimum Gasteiger partial charge on any atom is -0.393 e. The second-order valence-corrected chi connectivity index (χ2v) is 6.09. The number of anilines is 1. The standard InChI is InChI=1S/C17H18F3N3O/c18-17(19,20)12-4-5-16(22-10-12)23-15(11-7-14(24)8-11)9-13-3-1-2-6-21-13/h1-6,10-11,14-15,24H,7-9H2,(H,22,23). The average molecular weight is 337 g/mol. The van der Waals surface area contributed by atoms with E-state index >= 15 is 0 Å². The van der Waals surface area contributed by atoms with Gasteiger partial charge in [0.05, 0.1) is 11.7 Å². The molecular weight excluding hydrogens is 319 g/mol. The SMILES string of the molecule is OC1CC(C(Cc2ccccn2)Nc2ccc(C(F)(F)F)cn2)C1. The molecule has 128 valence electrons. The third-order valence-corrected chi connectivity index (χ3v) is 4.30. The molecule has 2 aromatic heterocycles. The zero-order valence-electron chi connectivity index (χ0n) is 12.9. The fraction of sp³-hybridized carbons (Fsp3) is 0.412. The molecule has 2 N–H and O–H groups in total. The normalized spacial score (nSPS) is 21.8. The van der Waals surface area contributed by atoms with Crippen LogP contribution in [0, 0.1) is 5.92 Å². The van der Waals surface area contributed by atoms with Crippen molar-refractivity contribution in [3.63, 3.8) is 0 Å². The minimum absolute atomic E-state index is 0.0347. The van der Waals surface area contributed by atoms with Crippen molar-refractivity contribution >= 4 is 5.82 Å². The molecule has 1 fully saturated rings. The molecule has 2 heterocycles. The van der Waals surface area contributed by atoms with Gasteiger partial charge in [-0.05, 0) is 43.0 Å². The predicted octanol–water partition coefficient (Wildman–Crippen LogP) is 3.29. The lowest BCUT2D eigenvalue weighted by Gasteiger charge is -2.38. The van der Waals surface area contributed by atoms with Crippen LogP contribution in [-0.2, 0) is 12.6 Å². The monoisotopic (exact) mass is 337 g/mol. The number of nitrogens with one attached hydrogen (secondary N) is 1. The van der Waals surface area contributed by atoms with E-state index in [1.807, 2.05) is 18.2 Å². The largest absolute Gasteiger partial charge is 0.417 e. The Bertz CT molecular complexity index is 655. The molecule has 0 radical (unpaired) electrons. The number of hydrogen-bond acceptors (Lipinski definition) is 4. The molecule has 0 aromatic carbocycles. The van der Waals surface area contributed by atoms with Crippen molar-refractivity contribution in [2.75, 3.05) is 5.32 Å². The molecule has 1 saturated carbocycles. The van der Waals surface area contributed by atoms with Gasteiger partial charge in [-0.3, -0.25) is 4.98 Å². The summed E-state index contributed by atoms with van der Waals surface area (Å²) in [7, 11) is 0. The van der Waals surface area contributed by atoms with Gasteiger partial charge in [-0.2, -0.15) is 13.2 Å². The van der Waals surface area contributed by atoms with E-state index in [0.717, 1.165) is 18.0 Å². The van der Waals surface area contributed by atoms with Crippen LogP contribution >= 0.6 is 0 Å². The maximum atomic E-state index is 12.6. The molecule has 1 atom stereocenters. The number of aliphatic hydroxyl groups excluding tert-OH is 1. The molecule has 0 bridgehead atoms. The van der Waals surface area contributed by atoms with Crippen molar-refractivity contribution in [2.45, 2.75) is 37.6 Å². The third-order valence-electron chi connectivity index (χ3n) is 4.30. The zero-order chi connectivity index (χ0) is 17.2. The lowest BCUT2D eigenvalue weighted by molar-refractivity contribution is -0.137. The van der Waals surface area contributed by atoms with Gasteiger partial charge in [0.15, 0.2) is 0 Å². The summed E-state index contributed by atoms with van der Waals surface area (Å²) >= 11 is 0. The van der Waals surface area contributed by atoms with Gasteiger partial charge >= 0.3 is 6.18 Å². The van der Waals surface area contributed by atoms with Crippen LogP contribution in [0.25, 0.3) is 0 Å². The van der Waals surface area contributed by atoms with E-state index in [9.17, 15) is 18.3 Å². The van der Waals surface area contributed by atoms with Gasteiger partial charge in [0.1, 0.15) is 5.82 Å². The van der Waals surface area contributed by atoms with Crippen molar-refractivity contribution in [1.29, 1.82) is 0 Å². The van der Waals surface area contributed by atoms with Crippen molar-refractivity contribution in [3.05, 3.63) is 54.0 Å². The molecule has 7 heteroatoms. The highest BCUT2D eigenvalue weighted by molar-refractivity contribution is 5.38. The van der Waals surface area contributed by atoms with Crippen LogP contribution in [0.4, 0.5) is 19.0 Å². The highest BCUT2D eigenvalue weighted by Crippen LogP contribution is 2.33. The van der Waals surface area contributed by atoms with Gasteiger partial charge in [0.25, 0.3) is 0 Å². The minimum atomic E-state index is -4.39. The van der Waals surface area contributed by atoms with Gasteiger partial charge in [-0.1, -0.05) is 6.07 Å². The van der Waals surface area contributed by atoms with Crippen LogP contribution in [0.1, 0.15) is 24.1 Å². The van der Waals surface area contributed by atoms with Crippen molar-refractivity contribution < 1.29 is 18.3 Å². The highest BCUT2D eigenvalue weighted by atomic mass is 19.4. The van der Waals surface area contributed by atoms with Crippen LogP contribution < -0.4 is 5.32 Å². The molecule has 4 nitrogen and oxygen atoms in total. The maximum absolute atomic E-state index is 12.6. The van der Waals surface area contributed by atoms with E-state index < -0.39 is 11.7 Å². The van der Waals surface area contributed by atoms with E-state index in [1.54, 1.807) is 6.20 Å². The summed E-state index contributed by atoms with van der Waals surface area (Å²) in [4.78, 5) is 8.17. The molecule has 0 spiro atoms. The summed E-state index contributed by atoms with van der Waals surface area (Å²) in [6.07, 6.45) is -0.189. The summed E-state index contributed by atoms with van der Waals surface area (Å²) in [5, 5.41) is 12.7. The fourth-order valence-electron chi connectivity index (χ4n) is 2.88. The Labute approximate surface area is 137 Å². The first-order valence-corrected chi connectivity index (χ1v) is 7.79. The Morgan fingerprint density at radius 1 is 1.17 bits per heavy atom. The highest BCUT2D eigenvalue weighted by Gasteiger charge is 2.35. The van der Waals surface area contributed by atoms with Crippen LogP contribution in [0.5, 0.6) is 0 Å². The Hall–Kier alpha value is -2.15. The Kier molecular flexibility index (Phi) is 4.71. The Morgan fingerprint density at radius 3 is 2.50 bits per heavy atom. The Balaban J connectivity index is 1.71. The zero-order valence-corrected chi connectivity index (χ0v) is 12.9. The molecular formula is C17H18F3N3O. The summed E-state index contributed by atoms with van der Waals surface area (Å²) in [5.41, 5.74) is 0.122. The lowest BCUT2D eigenvalue weighted by atomic mass is 9.76. The molecule has 1 unspecified atom stereocenters. The van der Waals surface area contributed by atoms with E-state index in [0.29, 0.717) is 25.1 Å². The van der Waals surface area contributed by atoms with Crippen LogP contribution in [0.2, 0.25) is 0 Å². The van der Waals surface area contributed by atoms with Crippen LogP contribution in [0.3, 0.4) is 0 Å². The molecule has 1 aliphatic rings. The van der Waals surface area contributed by atoms with Gasteiger partial charge in [0.2, 0.25) is 0 Å². The molecule has 1 aliphatic carbocycles. The number of pyridine rings is 2. The molecule has 24 heavy (non-hydrogen) atoms. The third kappa shape index (κ3) is 4.03. The van der Waals surface area contributed by atoms with E-state index in [2.05, 4.69) is 15.3 Å². The summed E-state index contributed by atoms with van der Waals surface area (Å²) in [5.74, 6) is 0.636. The predicted molar refractivity (Wildman–Crippen MR) is 83.3 cm³/mol. The van der Waals surface area contributed by atoms with Crippen LogP contribution in [0.15, 0.2) is 42.7 Å². The molecule has 0 saturated heterocycles. The van der Waals surface area contributed by atoms with Crippen LogP contribution in [-0.4, -0.2) is 27.2 Å². The number of aliphatic hydroxyl groups is 1. The van der Waals surface area contributed by atoms with Crippen molar-refractivity contribution in [3.8, 4) is 0 Å². The molecule has 2 aromatic rings. The van der Waals surface area contributed by atoms with E-state index in [1.165, 1.54) is 6.07 Å². The quantitative estimate of drug-likeness (QED) is 0.879. The molecule has 0 aliphatic heterocycles. The number of aromatic nitrogens is 2. The average Bonchev–Trinajstić information content (AvgIpc) is 2.52. The number of rotatable bonds is 5. The summed E-state index contributed by atoms with van der Waals surface area (Å²) in [6.45, 7) is 0. The van der Waals surface area contributed by atoms with Gasteiger partial charge in [-0.15, -0.1) is 0 Å².